The first-order chi connectivity index (χ1) is 15.5. The first-order valence-electron chi connectivity index (χ1n) is 12.9. The molecule has 0 spiro atoms. The van der Waals surface area contributed by atoms with Gasteiger partial charge < -0.3 is 15.3 Å². The first-order valence-corrected chi connectivity index (χ1v) is 12.9. The Morgan fingerprint density at radius 1 is 0.844 bits per heavy atom. The number of Topliss-reactive ketones (excluding diaryl/α,β-unsaturated/α-hetero) is 1. The summed E-state index contributed by atoms with van der Waals surface area (Å²) in [6.45, 7) is 2.26. The van der Waals surface area contributed by atoms with E-state index in [-0.39, 0.29) is 23.7 Å². The lowest BCUT2D eigenvalue weighted by molar-refractivity contribution is -0.121. The van der Waals surface area contributed by atoms with Crippen molar-refractivity contribution < 1.29 is 20.1 Å². The molecule has 182 valence electrons. The number of benzene rings is 1. The van der Waals surface area contributed by atoms with Gasteiger partial charge in [0, 0.05) is 12.8 Å². The molecule has 4 nitrogen and oxygen atoms in total. The molecule has 0 unspecified atom stereocenters. The average Bonchev–Trinajstić information content (AvgIpc) is 2.77. The second-order valence-electron chi connectivity index (χ2n) is 9.09. The summed E-state index contributed by atoms with van der Waals surface area (Å²) in [5.74, 6) is -0.176. The smallest absolute Gasteiger partial charge is 0.157 e. The maximum atomic E-state index is 12.1. The largest absolute Gasteiger partial charge is 0.504 e. The van der Waals surface area contributed by atoms with Crippen molar-refractivity contribution >= 4 is 5.78 Å². The molecule has 0 aliphatic heterocycles. The summed E-state index contributed by atoms with van der Waals surface area (Å²) < 4.78 is 0. The second-order valence-corrected chi connectivity index (χ2v) is 9.09. The Morgan fingerprint density at radius 2 is 1.44 bits per heavy atom. The van der Waals surface area contributed by atoms with Crippen molar-refractivity contribution in [2.45, 2.75) is 122 Å². The molecule has 0 radical (unpaired) electrons. The predicted octanol–water partition coefficient (Wildman–Crippen LogP) is 7.39. The van der Waals surface area contributed by atoms with Crippen LogP contribution in [0.5, 0.6) is 11.5 Å². The summed E-state index contributed by atoms with van der Waals surface area (Å²) in [4.78, 5) is 12.1. The summed E-state index contributed by atoms with van der Waals surface area (Å²) in [7, 11) is 0. The van der Waals surface area contributed by atoms with Gasteiger partial charge in [0.2, 0.25) is 0 Å². The Hall–Kier alpha value is -1.81. The minimum Gasteiger partial charge on any atom is -0.504 e. The molecule has 32 heavy (non-hydrogen) atoms. The van der Waals surface area contributed by atoms with Gasteiger partial charge in [-0.05, 0) is 62.6 Å². The van der Waals surface area contributed by atoms with Crippen LogP contribution >= 0.6 is 0 Å². The Kier molecular flexibility index (Phi) is 16.5. The number of hydrogen-bond acceptors (Lipinski definition) is 4. The van der Waals surface area contributed by atoms with E-state index in [0.717, 1.165) is 18.4 Å². The Labute approximate surface area is 195 Å². The first kappa shape index (κ1) is 28.2. The molecular formula is C28H46O4. The van der Waals surface area contributed by atoms with Crippen LogP contribution in [0.1, 0.15) is 115 Å². The van der Waals surface area contributed by atoms with Crippen molar-refractivity contribution in [3.05, 3.63) is 35.9 Å². The molecule has 0 heterocycles. The van der Waals surface area contributed by atoms with Gasteiger partial charge in [-0.25, -0.2) is 0 Å². The molecule has 1 rings (SSSR count). The van der Waals surface area contributed by atoms with Crippen LogP contribution in [0.15, 0.2) is 30.4 Å². The summed E-state index contributed by atoms with van der Waals surface area (Å²) in [6.07, 6.45) is 22.0. The van der Waals surface area contributed by atoms with Gasteiger partial charge in [-0.15, -0.1) is 0 Å². The number of ketones is 1. The lowest BCUT2D eigenvalue weighted by atomic mass is 10.0. The van der Waals surface area contributed by atoms with Crippen molar-refractivity contribution in [3.8, 4) is 11.5 Å². The van der Waals surface area contributed by atoms with Crippen molar-refractivity contribution in [1.29, 1.82) is 0 Å². The van der Waals surface area contributed by atoms with E-state index in [1.165, 1.54) is 82.8 Å². The van der Waals surface area contributed by atoms with Crippen LogP contribution in [0.2, 0.25) is 0 Å². The number of allylic oxidation sites excluding steroid dienone is 2. The highest BCUT2D eigenvalue weighted by molar-refractivity contribution is 5.78. The molecule has 1 aromatic rings. The molecule has 0 fully saturated rings. The van der Waals surface area contributed by atoms with Crippen LogP contribution in [0.4, 0.5) is 0 Å². The highest BCUT2D eigenvalue weighted by atomic mass is 16.3. The van der Waals surface area contributed by atoms with E-state index in [1.54, 1.807) is 6.07 Å². The molecule has 0 saturated heterocycles. The van der Waals surface area contributed by atoms with Crippen LogP contribution in [0.3, 0.4) is 0 Å². The normalized spacial score (nSPS) is 12.4. The van der Waals surface area contributed by atoms with Crippen molar-refractivity contribution in [2.24, 2.45) is 0 Å². The maximum absolute atomic E-state index is 12.1. The zero-order chi connectivity index (χ0) is 23.4. The number of hydrogen-bond donors (Lipinski definition) is 3. The zero-order valence-corrected chi connectivity index (χ0v) is 20.2. The van der Waals surface area contributed by atoms with Gasteiger partial charge in [0.1, 0.15) is 5.78 Å². The van der Waals surface area contributed by atoms with E-state index in [1.807, 2.05) is 0 Å². The Balaban J connectivity index is 1.93. The fourth-order valence-electron chi connectivity index (χ4n) is 3.92. The maximum Gasteiger partial charge on any atom is 0.157 e. The average molecular weight is 447 g/mol. The minimum atomic E-state index is -0.651. The van der Waals surface area contributed by atoms with Crippen molar-refractivity contribution in [2.75, 3.05) is 0 Å². The van der Waals surface area contributed by atoms with E-state index < -0.39 is 6.10 Å². The SMILES string of the molecule is CCCCCCCC/C=C\CCCCCCCC(=O)C[C@@H](O)CCc1ccc(O)c(O)c1. The van der Waals surface area contributed by atoms with E-state index in [9.17, 15) is 20.1 Å². The number of carbonyl (C=O) groups is 1. The molecule has 0 aliphatic rings. The van der Waals surface area contributed by atoms with Gasteiger partial charge in [0.15, 0.2) is 11.5 Å². The number of unbranched alkanes of at least 4 members (excludes halogenated alkanes) is 11. The second kappa shape index (κ2) is 18.7. The number of aliphatic hydroxyl groups excluding tert-OH is 1. The third-order valence-electron chi connectivity index (χ3n) is 5.99. The summed E-state index contributed by atoms with van der Waals surface area (Å²) in [5.41, 5.74) is 0.837. The molecule has 0 bridgehead atoms. The fraction of sp³-hybridized carbons (Fsp3) is 0.679. The molecular weight excluding hydrogens is 400 g/mol. The van der Waals surface area contributed by atoms with Gasteiger partial charge in [0.05, 0.1) is 6.10 Å². The summed E-state index contributed by atoms with van der Waals surface area (Å²) in [5, 5.41) is 28.9. The van der Waals surface area contributed by atoms with Crippen molar-refractivity contribution in [1.82, 2.24) is 0 Å². The van der Waals surface area contributed by atoms with Gasteiger partial charge in [-0.1, -0.05) is 76.5 Å². The summed E-state index contributed by atoms with van der Waals surface area (Å²) in [6, 6.07) is 4.65. The van der Waals surface area contributed by atoms with E-state index >= 15 is 0 Å². The van der Waals surface area contributed by atoms with Crippen LogP contribution in [-0.2, 0) is 11.2 Å². The number of aliphatic hydroxyl groups is 1. The number of phenols is 2. The van der Waals surface area contributed by atoms with E-state index in [2.05, 4.69) is 19.1 Å². The van der Waals surface area contributed by atoms with Gasteiger partial charge in [-0.3, -0.25) is 4.79 Å². The van der Waals surface area contributed by atoms with E-state index in [0.29, 0.717) is 19.3 Å². The zero-order valence-electron chi connectivity index (χ0n) is 20.2. The minimum absolute atomic E-state index is 0.128. The number of rotatable bonds is 20. The molecule has 0 aliphatic carbocycles. The number of aryl methyl sites for hydroxylation is 1. The lowest BCUT2D eigenvalue weighted by Gasteiger charge is -2.10. The molecule has 0 amide bonds. The number of aromatic hydroxyl groups is 2. The van der Waals surface area contributed by atoms with Crippen molar-refractivity contribution in [3.63, 3.8) is 0 Å². The van der Waals surface area contributed by atoms with Crippen LogP contribution < -0.4 is 0 Å². The standard InChI is InChI=1S/C28H46O4/c1-2-3-4-5-6-7-8-9-10-11-12-13-14-15-16-17-25(29)23-26(30)20-18-24-19-21-27(31)28(32)22-24/h9-10,19,21-22,26,30-32H,2-8,11-18,20,23H2,1H3/b10-9-/t26-/m0/s1. The number of phenolic OH excluding ortho intramolecular Hbond substituents is 2. The molecule has 4 heteroatoms. The monoisotopic (exact) mass is 446 g/mol. The molecule has 0 aromatic heterocycles. The molecule has 1 aromatic carbocycles. The quantitative estimate of drug-likeness (QED) is 0.111. The fourth-order valence-corrected chi connectivity index (χ4v) is 3.92. The van der Waals surface area contributed by atoms with Gasteiger partial charge in [-0.2, -0.15) is 0 Å². The van der Waals surface area contributed by atoms with Gasteiger partial charge >= 0.3 is 0 Å². The van der Waals surface area contributed by atoms with Crippen LogP contribution in [0.25, 0.3) is 0 Å². The molecule has 1 atom stereocenters. The molecule has 0 saturated carbocycles. The third kappa shape index (κ3) is 15.1. The van der Waals surface area contributed by atoms with Crippen LogP contribution in [0, 0.1) is 0 Å². The van der Waals surface area contributed by atoms with Gasteiger partial charge in [0.25, 0.3) is 0 Å². The third-order valence-corrected chi connectivity index (χ3v) is 5.99. The summed E-state index contributed by atoms with van der Waals surface area (Å²) >= 11 is 0. The Bertz CT molecular complexity index is 638. The Morgan fingerprint density at radius 3 is 2.06 bits per heavy atom. The van der Waals surface area contributed by atoms with E-state index in [4.69, 9.17) is 0 Å². The highest BCUT2D eigenvalue weighted by Gasteiger charge is 2.11. The lowest BCUT2D eigenvalue weighted by Crippen LogP contribution is -2.14. The highest BCUT2D eigenvalue weighted by Crippen LogP contribution is 2.25. The molecule has 3 N–H and O–H groups in total. The van der Waals surface area contributed by atoms with Crippen LogP contribution in [-0.4, -0.2) is 27.2 Å². The number of carbonyl (C=O) groups excluding carboxylic acids is 1. The predicted molar refractivity (Wildman–Crippen MR) is 133 cm³/mol. The topological polar surface area (TPSA) is 77.8 Å².